The summed E-state index contributed by atoms with van der Waals surface area (Å²) in [5.41, 5.74) is 24.1. The Bertz CT molecular complexity index is 4450. The van der Waals surface area contributed by atoms with Crippen molar-refractivity contribution in [2.75, 3.05) is 18.1 Å². The summed E-state index contributed by atoms with van der Waals surface area (Å²) in [5.74, 6) is -19.2. The molecule has 0 radical (unpaired) electrons. The molecule has 3 heterocycles. The van der Waals surface area contributed by atoms with E-state index in [1.54, 1.807) is 54.7 Å². The largest absolute Gasteiger partial charge is 0.508 e. The number of para-hydroxylation sites is 2. The molecule has 0 spiro atoms. The third-order valence-electron chi connectivity index (χ3n) is 17.4. The number of rotatable bonds is 46. The van der Waals surface area contributed by atoms with Gasteiger partial charge in [-0.05, 0) is 78.8 Å². The van der Waals surface area contributed by atoms with E-state index < -0.39 is 237 Å². The molecular formula is C72H91N19O20S2. The predicted molar refractivity (Wildman–Crippen MR) is 410 cm³/mol. The van der Waals surface area contributed by atoms with Gasteiger partial charge in [0, 0.05) is 110 Å². The number of aromatic hydroxyl groups is 1. The van der Waals surface area contributed by atoms with Crippen molar-refractivity contribution in [2.24, 2.45) is 22.9 Å². The summed E-state index contributed by atoms with van der Waals surface area (Å²) in [7, 11) is 0. The highest BCUT2D eigenvalue weighted by atomic mass is 32.1. The lowest BCUT2D eigenvalue weighted by molar-refractivity contribution is -0.139. The number of hydrogen-bond donors (Lipinski definition) is 23. The molecule has 6 aromatic rings. The minimum Gasteiger partial charge on any atom is -0.508 e. The van der Waals surface area contributed by atoms with Gasteiger partial charge in [-0.25, -0.2) is 0 Å². The third kappa shape index (κ3) is 28.6. The first-order valence-electron chi connectivity index (χ1n) is 35.2. The topological polar surface area (TPSA) is 644 Å². The smallest absolute Gasteiger partial charge is 0.303 e. The van der Waals surface area contributed by atoms with Crippen molar-refractivity contribution >= 4 is 148 Å². The van der Waals surface area contributed by atoms with Crippen LogP contribution in [0, 0.1) is 0 Å². The highest BCUT2D eigenvalue weighted by Crippen LogP contribution is 2.22. The number of amides is 16. The second-order valence-electron chi connectivity index (χ2n) is 26.3. The molecule has 0 fully saturated rings. The number of nitrogens with one attached hydrogen (secondary N) is 14. The van der Waals surface area contributed by atoms with E-state index in [2.05, 4.69) is 104 Å². The fourth-order valence-electron chi connectivity index (χ4n) is 11.6. The summed E-state index contributed by atoms with van der Waals surface area (Å²) in [5, 5.41) is 61.3. The fraction of sp³-hybridized carbons (Fsp3) is 0.389. The second-order valence-corrected chi connectivity index (χ2v) is 27.0. The van der Waals surface area contributed by atoms with E-state index in [0.29, 0.717) is 44.1 Å². The molecule has 39 nitrogen and oxygen atoms in total. The average molecular weight is 1610 g/mol. The lowest BCUT2D eigenvalue weighted by atomic mass is 10.0. The Hall–Kier alpha value is -12.7. The van der Waals surface area contributed by atoms with Crippen LogP contribution in [-0.2, 0) is 107 Å². The van der Waals surface area contributed by atoms with Crippen molar-refractivity contribution in [1.29, 1.82) is 0 Å². The summed E-state index contributed by atoms with van der Waals surface area (Å²) < 4.78 is 0. The number of carbonyl (C=O) groups is 17. The van der Waals surface area contributed by atoms with Gasteiger partial charge < -0.3 is 112 Å². The number of aromatic nitrogens is 3. The highest BCUT2D eigenvalue weighted by Gasteiger charge is 2.39. The first-order valence-corrected chi connectivity index (χ1v) is 36.5. The van der Waals surface area contributed by atoms with Gasteiger partial charge in [0.25, 0.3) is 0 Å². The van der Waals surface area contributed by atoms with Gasteiger partial charge in [-0.1, -0.05) is 54.6 Å². The number of aliphatic carboxylic acids is 1. The zero-order chi connectivity index (χ0) is 83.2. The Morgan fingerprint density at radius 3 is 1.23 bits per heavy atom. The number of primary amides is 4. The van der Waals surface area contributed by atoms with Gasteiger partial charge in [0.2, 0.25) is 94.5 Å². The third-order valence-corrected chi connectivity index (χ3v) is 18.1. The predicted octanol–water partition coefficient (Wildman–Crippen LogP) is -5.51. The number of aromatic amines is 2. The van der Waals surface area contributed by atoms with Gasteiger partial charge in [0.1, 0.15) is 72.2 Å². The molecule has 3 aromatic carbocycles. The molecule has 3 aromatic heterocycles. The maximum absolute atomic E-state index is 15.2. The first-order chi connectivity index (χ1) is 53.6. The number of aliphatic hydroxyl groups is 1. The van der Waals surface area contributed by atoms with E-state index in [4.69, 9.17) is 22.9 Å². The molecule has 0 aliphatic carbocycles. The maximum Gasteiger partial charge on any atom is 0.303 e. The van der Waals surface area contributed by atoms with Gasteiger partial charge in [-0.3, -0.25) is 86.5 Å². The molecule has 113 heavy (non-hydrogen) atoms. The number of benzene rings is 3. The Kier molecular flexibility index (Phi) is 34.5. The van der Waals surface area contributed by atoms with Gasteiger partial charge in [0.15, 0.2) is 0 Å². The van der Waals surface area contributed by atoms with Crippen LogP contribution < -0.4 is 86.7 Å². The Labute approximate surface area is 655 Å². The number of nitrogens with two attached hydrogens (primary N) is 4. The average Bonchev–Trinajstić information content (AvgIpc) is 1.71. The number of thiol groups is 2. The minimum absolute atomic E-state index is 0.197. The molecule has 0 aliphatic heterocycles. The van der Waals surface area contributed by atoms with E-state index in [9.17, 15) is 87.2 Å². The van der Waals surface area contributed by atoms with Gasteiger partial charge >= 0.3 is 5.97 Å². The van der Waals surface area contributed by atoms with E-state index in [1.807, 2.05) is 0 Å². The number of phenolic OH excluding ortho intramolecular Hbond substituents is 1. The van der Waals surface area contributed by atoms with Crippen LogP contribution in [0.15, 0.2) is 110 Å². The quantitative estimate of drug-likeness (QED) is 0.0159. The zero-order valence-corrected chi connectivity index (χ0v) is 62.9. The monoisotopic (exact) mass is 1610 g/mol. The van der Waals surface area contributed by atoms with E-state index in [0.717, 1.165) is 13.8 Å². The molecule has 0 saturated carbocycles. The first kappa shape index (κ1) is 89.2. The van der Waals surface area contributed by atoms with E-state index >= 15 is 9.59 Å². The number of carbonyl (C=O) groups excluding carboxylic acids is 16. The number of hydrogen-bond acceptors (Lipinski definition) is 22. The van der Waals surface area contributed by atoms with Crippen molar-refractivity contribution in [3.05, 3.63) is 132 Å². The summed E-state index contributed by atoms with van der Waals surface area (Å²) in [6, 6.07) is 3.23. The van der Waals surface area contributed by atoms with Crippen LogP contribution in [0.4, 0.5) is 0 Å². The molecule has 6 rings (SSSR count). The number of fused-ring (bicyclic) bond motifs is 2. The zero-order valence-electron chi connectivity index (χ0n) is 61.2. The molecule has 606 valence electrons. The number of aliphatic hydroxyl groups excluding tert-OH is 1. The Balaban J connectivity index is 1.31. The van der Waals surface area contributed by atoms with E-state index in [-0.39, 0.29) is 30.8 Å². The Morgan fingerprint density at radius 2 is 0.814 bits per heavy atom. The van der Waals surface area contributed by atoms with E-state index in [1.165, 1.54) is 55.0 Å². The van der Waals surface area contributed by atoms with Gasteiger partial charge in [-0.15, -0.1) is 0 Å². The van der Waals surface area contributed by atoms with Crippen LogP contribution in [-0.4, -0.2) is 221 Å². The van der Waals surface area contributed by atoms with Gasteiger partial charge in [0.05, 0.1) is 19.1 Å². The normalized spacial score (nSPS) is 14.2. The second kappa shape index (κ2) is 43.7. The highest BCUT2D eigenvalue weighted by molar-refractivity contribution is 7.80. The summed E-state index contributed by atoms with van der Waals surface area (Å²) in [6.45, 7) is 1.51. The number of carboxylic acid groups (broad SMARTS) is 1. The standard InChI is InChI=1S/C72H91N19O20S2/c1-35(92)61(91-65(104)47(18-21-57(74)96)84-70(109)54(33-112)81-36(2)93)72(111)89-52(27-40-31-79-45-12-6-4-10-43(40)45)68(107)82-46(17-20-56(73)95)64(103)90-55(34-113)71(110)86-49(24-37-13-15-41(94)16-14-37)67(106)87-51(26-39-30-78-44-11-5-3-9-42(39)44)69(108)85-50(25-38-8-7-23-77-29-38)66(105)83-48(19-22-60(99)100)63(102)88-53(28-58(75)97)62(101)80-32-59(76)98/h3-16,23,29-31,35,46-55,61,78-79,92,94,112-113H,17-22,24-28,32-34H2,1-2H3,(H2,73,95)(H2,74,96)(H2,75,97)(H2,76,98)(H,80,101)(H,81,93)(H,82,107)(H,83,105)(H,84,109)(H,85,108)(H,86,110)(H,87,106)(H,88,102)(H,89,111)(H,90,103)(H,91,104)(H,99,100)/t35-,46+,47+,48+,49+,50+,51+,52+,53+,54+,55+,61+/m1/s1. The van der Waals surface area contributed by atoms with Crippen molar-refractivity contribution in [1.82, 2.24) is 78.8 Å². The molecule has 25 N–H and O–H groups in total. The molecule has 0 unspecified atom stereocenters. The van der Waals surface area contributed by atoms with Crippen LogP contribution in [0.3, 0.4) is 0 Å². The van der Waals surface area contributed by atoms with Gasteiger partial charge in [-0.2, -0.15) is 25.3 Å². The van der Waals surface area contributed by atoms with Crippen LogP contribution in [0.25, 0.3) is 21.8 Å². The molecule has 16 amide bonds. The minimum atomic E-state index is -1.92. The lowest BCUT2D eigenvalue weighted by Gasteiger charge is -2.29. The maximum atomic E-state index is 15.2. The van der Waals surface area contributed by atoms with Crippen LogP contribution in [0.1, 0.15) is 81.0 Å². The number of pyridine rings is 1. The van der Waals surface area contributed by atoms with Crippen molar-refractivity contribution < 1.29 is 96.8 Å². The molecule has 12 atom stereocenters. The van der Waals surface area contributed by atoms with Crippen LogP contribution in [0.2, 0.25) is 0 Å². The number of H-pyrrole nitrogens is 2. The lowest BCUT2D eigenvalue weighted by Crippen LogP contribution is -2.62. The molecule has 41 heteroatoms. The Morgan fingerprint density at radius 1 is 0.425 bits per heavy atom. The van der Waals surface area contributed by atoms with Crippen molar-refractivity contribution in [2.45, 2.75) is 157 Å². The summed E-state index contributed by atoms with van der Waals surface area (Å²) in [6.07, 6.45) is -1.74. The summed E-state index contributed by atoms with van der Waals surface area (Å²) in [4.78, 5) is 240. The van der Waals surface area contributed by atoms with Crippen LogP contribution in [0.5, 0.6) is 5.75 Å². The van der Waals surface area contributed by atoms with Crippen molar-refractivity contribution in [3.63, 3.8) is 0 Å². The molecule has 0 saturated heterocycles. The van der Waals surface area contributed by atoms with Crippen molar-refractivity contribution in [3.8, 4) is 5.75 Å². The fourth-order valence-corrected chi connectivity index (χ4v) is 12.1. The molecule has 0 bridgehead atoms. The van der Waals surface area contributed by atoms with Crippen LogP contribution >= 0.6 is 25.3 Å². The number of carboxylic acids is 1. The number of nitrogens with zero attached hydrogens (tertiary/aromatic N) is 1. The molecular weight excluding hydrogens is 1520 g/mol. The molecule has 0 aliphatic rings. The SMILES string of the molecule is CC(=O)N[C@@H](CS)C(=O)N[C@@H](CCC(N)=O)C(=O)N[C@H](C(=O)N[C@@H](Cc1c[nH]c2ccccc12)C(=O)N[C@@H](CCC(N)=O)C(=O)N[C@@H](CS)C(=O)N[C@@H](Cc1ccc(O)cc1)C(=O)N[C@@H](Cc1c[nH]c2ccccc12)C(=O)N[C@@H](Cc1cccnc1)C(=O)N[C@@H](CCC(=O)O)C(=O)N[C@@H](CC(N)=O)C(=O)NCC(N)=O)[C@@H](C)O. The number of phenols is 1. The summed E-state index contributed by atoms with van der Waals surface area (Å²) >= 11 is 8.44.